The molecule has 1 fully saturated rings. The third-order valence-corrected chi connectivity index (χ3v) is 4.42. The lowest BCUT2D eigenvalue weighted by Crippen LogP contribution is -2.46. The van der Waals surface area contributed by atoms with E-state index in [4.69, 9.17) is 0 Å². The standard InChI is InChI=1S/C18H29N3O.2ClH/c1-3-21(4-2)14-16-10-8-15(9-11-16)13-20-18(22)17-7-5-6-12-19-17;;/h8-11,17,19H,3-7,12-14H2,1-2H3,(H,20,22);2*1H/t17-;;/m1../s1. The molecule has 2 N–H and O–H groups in total. The topological polar surface area (TPSA) is 44.4 Å². The van der Waals surface area contributed by atoms with E-state index in [9.17, 15) is 4.79 Å². The van der Waals surface area contributed by atoms with Crippen molar-refractivity contribution in [1.29, 1.82) is 0 Å². The average molecular weight is 376 g/mol. The first kappa shape index (κ1) is 23.2. The molecule has 0 bridgehead atoms. The van der Waals surface area contributed by atoms with Gasteiger partial charge in [-0.05, 0) is 43.6 Å². The van der Waals surface area contributed by atoms with Gasteiger partial charge in [0.15, 0.2) is 0 Å². The summed E-state index contributed by atoms with van der Waals surface area (Å²) >= 11 is 0. The molecule has 0 aliphatic carbocycles. The summed E-state index contributed by atoms with van der Waals surface area (Å²) in [5.41, 5.74) is 2.49. The van der Waals surface area contributed by atoms with Crippen LogP contribution in [0.2, 0.25) is 0 Å². The van der Waals surface area contributed by atoms with Gasteiger partial charge in [-0.15, -0.1) is 24.8 Å². The van der Waals surface area contributed by atoms with Crippen LogP contribution in [0.5, 0.6) is 0 Å². The highest BCUT2D eigenvalue weighted by atomic mass is 35.5. The Morgan fingerprint density at radius 2 is 1.75 bits per heavy atom. The maximum absolute atomic E-state index is 12.1. The van der Waals surface area contributed by atoms with Gasteiger partial charge in [-0.25, -0.2) is 0 Å². The van der Waals surface area contributed by atoms with Gasteiger partial charge >= 0.3 is 0 Å². The monoisotopic (exact) mass is 375 g/mol. The van der Waals surface area contributed by atoms with Gasteiger partial charge in [0.2, 0.25) is 5.91 Å². The number of carbonyl (C=O) groups excluding carboxylic acids is 1. The third-order valence-electron chi connectivity index (χ3n) is 4.42. The molecule has 1 aliphatic heterocycles. The first-order valence-electron chi connectivity index (χ1n) is 8.54. The van der Waals surface area contributed by atoms with Crippen molar-refractivity contribution in [3.8, 4) is 0 Å². The van der Waals surface area contributed by atoms with E-state index in [1.165, 1.54) is 12.0 Å². The minimum absolute atomic E-state index is 0. The Labute approximate surface area is 158 Å². The summed E-state index contributed by atoms with van der Waals surface area (Å²) in [4.78, 5) is 14.5. The molecule has 1 aliphatic rings. The van der Waals surface area contributed by atoms with Gasteiger partial charge in [-0.1, -0.05) is 44.5 Å². The van der Waals surface area contributed by atoms with Crippen LogP contribution in [0.4, 0.5) is 0 Å². The summed E-state index contributed by atoms with van der Waals surface area (Å²) in [6, 6.07) is 8.56. The Morgan fingerprint density at radius 3 is 2.29 bits per heavy atom. The van der Waals surface area contributed by atoms with Crippen LogP contribution >= 0.6 is 24.8 Å². The van der Waals surface area contributed by atoms with Crippen LogP contribution in [0.25, 0.3) is 0 Å². The Bertz CT molecular complexity index is 458. The Hall–Kier alpha value is -0.810. The molecule has 24 heavy (non-hydrogen) atoms. The smallest absolute Gasteiger partial charge is 0.237 e. The number of benzene rings is 1. The van der Waals surface area contributed by atoms with Crippen LogP contribution in [-0.2, 0) is 17.9 Å². The Kier molecular flexibility index (Phi) is 12.1. The first-order valence-corrected chi connectivity index (χ1v) is 8.54. The second-order valence-corrected chi connectivity index (χ2v) is 6.00. The minimum Gasteiger partial charge on any atom is -0.351 e. The molecule has 1 heterocycles. The van der Waals surface area contributed by atoms with Gasteiger partial charge in [0, 0.05) is 13.1 Å². The fraction of sp³-hybridized carbons (Fsp3) is 0.611. The number of halogens is 2. The molecule has 0 saturated carbocycles. The maximum atomic E-state index is 12.1. The summed E-state index contributed by atoms with van der Waals surface area (Å²) in [5.74, 6) is 0.131. The summed E-state index contributed by atoms with van der Waals surface area (Å²) in [6.45, 7) is 9.08. The van der Waals surface area contributed by atoms with E-state index in [1.54, 1.807) is 0 Å². The molecule has 2 rings (SSSR count). The lowest BCUT2D eigenvalue weighted by atomic mass is 10.0. The molecule has 1 aromatic carbocycles. The first-order chi connectivity index (χ1) is 10.7. The Balaban J connectivity index is 0.00000264. The number of hydrogen-bond acceptors (Lipinski definition) is 3. The number of hydrogen-bond donors (Lipinski definition) is 2. The maximum Gasteiger partial charge on any atom is 0.237 e. The zero-order valence-corrected chi connectivity index (χ0v) is 16.3. The fourth-order valence-electron chi connectivity index (χ4n) is 2.86. The number of rotatable bonds is 7. The lowest BCUT2D eigenvalue weighted by Gasteiger charge is -2.22. The van der Waals surface area contributed by atoms with Crippen molar-refractivity contribution in [2.75, 3.05) is 19.6 Å². The molecular formula is C18H31Cl2N3O. The largest absolute Gasteiger partial charge is 0.351 e. The van der Waals surface area contributed by atoms with Crippen molar-refractivity contribution in [2.45, 2.75) is 52.2 Å². The van der Waals surface area contributed by atoms with Crippen molar-refractivity contribution in [1.82, 2.24) is 15.5 Å². The molecular weight excluding hydrogens is 345 g/mol. The predicted molar refractivity (Wildman–Crippen MR) is 105 cm³/mol. The highest BCUT2D eigenvalue weighted by molar-refractivity contribution is 5.85. The second-order valence-electron chi connectivity index (χ2n) is 6.00. The van der Waals surface area contributed by atoms with Crippen LogP contribution < -0.4 is 10.6 Å². The van der Waals surface area contributed by atoms with Gasteiger partial charge < -0.3 is 10.6 Å². The molecule has 1 atom stereocenters. The number of nitrogens with one attached hydrogen (secondary N) is 2. The van der Waals surface area contributed by atoms with E-state index in [-0.39, 0.29) is 36.8 Å². The van der Waals surface area contributed by atoms with Crippen molar-refractivity contribution in [3.05, 3.63) is 35.4 Å². The van der Waals surface area contributed by atoms with Crippen molar-refractivity contribution in [2.24, 2.45) is 0 Å². The SMILES string of the molecule is CCN(CC)Cc1ccc(CNC(=O)[C@H]2CCCCN2)cc1.Cl.Cl. The molecule has 0 radical (unpaired) electrons. The average Bonchev–Trinajstić information content (AvgIpc) is 2.59. The van der Waals surface area contributed by atoms with E-state index in [1.807, 2.05) is 0 Å². The van der Waals surface area contributed by atoms with Crippen molar-refractivity contribution < 1.29 is 4.79 Å². The van der Waals surface area contributed by atoms with Crippen LogP contribution in [-0.4, -0.2) is 36.5 Å². The van der Waals surface area contributed by atoms with Crippen LogP contribution in [0.1, 0.15) is 44.2 Å². The Morgan fingerprint density at radius 1 is 1.12 bits per heavy atom. The molecule has 4 nitrogen and oxygen atoms in total. The molecule has 0 spiro atoms. The zero-order valence-electron chi connectivity index (χ0n) is 14.7. The van der Waals surface area contributed by atoms with Gasteiger partial charge in [0.25, 0.3) is 0 Å². The quantitative estimate of drug-likeness (QED) is 0.769. The summed E-state index contributed by atoms with van der Waals surface area (Å²) < 4.78 is 0. The van der Waals surface area contributed by atoms with Crippen LogP contribution in [0.15, 0.2) is 24.3 Å². The third kappa shape index (κ3) is 7.39. The highest BCUT2D eigenvalue weighted by Gasteiger charge is 2.19. The normalized spacial score (nSPS) is 16.9. The van der Waals surface area contributed by atoms with E-state index < -0.39 is 0 Å². The van der Waals surface area contributed by atoms with E-state index in [0.29, 0.717) is 6.54 Å². The van der Waals surface area contributed by atoms with Crippen LogP contribution in [0, 0.1) is 0 Å². The van der Waals surface area contributed by atoms with Gasteiger partial charge in [0.05, 0.1) is 6.04 Å². The zero-order chi connectivity index (χ0) is 15.8. The van der Waals surface area contributed by atoms with E-state index in [0.717, 1.165) is 44.6 Å². The summed E-state index contributed by atoms with van der Waals surface area (Å²) in [6.07, 6.45) is 3.28. The van der Waals surface area contributed by atoms with Crippen molar-refractivity contribution >= 4 is 30.7 Å². The number of nitrogens with zero attached hydrogens (tertiary/aromatic N) is 1. The molecule has 1 saturated heterocycles. The number of carbonyl (C=O) groups is 1. The molecule has 138 valence electrons. The number of piperidine rings is 1. The highest BCUT2D eigenvalue weighted by Crippen LogP contribution is 2.09. The molecule has 1 aromatic rings. The van der Waals surface area contributed by atoms with E-state index in [2.05, 4.69) is 53.6 Å². The predicted octanol–water partition coefficient (Wildman–Crippen LogP) is 3.13. The molecule has 0 unspecified atom stereocenters. The summed E-state index contributed by atoms with van der Waals surface area (Å²) in [5, 5.41) is 6.32. The van der Waals surface area contributed by atoms with Gasteiger partial charge in [0.1, 0.15) is 0 Å². The minimum atomic E-state index is -0.00399. The van der Waals surface area contributed by atoms with Gasteiger partial charge in [-0.3, -0.25) is 9.69 Å². The summed E-state index contributed by atoms with van der Waals surface area (Å²) in [7, 11) is 0. The van der Waals surface area contributed by atoms with Crippen LogP contribution in [0.3, 0.4) is 0 Å². The second kappa shape index (κ2) is 12.5. The molecule has 1 amide bonds. The number of amides is 1. The van der Waals surface area contributed by atoms with Crippen molar-refractivity contribution in [3.63, 3.8) is 0 Å². The van der Waals surface area contributed by atoms with E-state index >= 15 is 0 Å². The molecule has 6 heteroatoms. The van der Waals surface area contributed by atoms with Gasteiger partial charge in [-0.2, -0.15) is 0 Å². The molecule has 0 aromatic heterocycles. The lowest BCUT2D eigenvalue weighted by molar-refractivity contribution is -0.123. The fourth-order valence-corrected chi connectivity index (χ4v) is 2.86.